The molecule has 2 bridgehead atoms. The number of fused-ring (bicyclic) bond motifs is 2. The van der Waals surface area contributed by atoms with Crippen LogP contribution >= 0.6 is 11.6 Å². The van der Waals surface area contributed by atoms with Gasteiger partial charge in [-0.3, -0.25) is 0 Å². The van der Waals surface area contributed by atoms with E-state index < -0.39 is 0 Å². The monoisotopic (exact) mass is 342 g/mol. The molecule has 5 nitrogen and oxygen atoms in total. The topological polar surface area (TPSA) is 58.1 Å². The molecule has 0 spiro atoms. The van der Waals surface area contributed by atoms with E-state index >= 15 is 0 Å². The molecule has 3 heterocycles. The molecule has 1 aromatic carbocycles. The van der Waals surface area contributed by atoms with Gasteiger partial charge in [0.25, 0.3) is 0 Å². The van der Waals surface area contributed by atoms with Crippen molar-refractivity contribution in [3.05, 3.63) is 41.6 Å². The fraction of sp³-hybridized carbons (Fsp3) is 0.389. The predicted octanol–water partition coefficient (Wildman–Crippen LogP) is 4.20. The third-order valence-electron chi connectivity index (χ3n) is 4.98. The van der Waals surface area contributed by atoms with E-state index in [1.807, 2.05) is 29.2 Å². The summed E-state index contributed by atoms with van der Waals surface area (Å²) in [5.41, 5.74) is 2.18. The van der Waals surface area contributed by atoms with Crippen molar-refractivity contribution in [1.29, 1.82) is 0 Å². The van der Waals surface area contributed by atoms with Crippen LogP contribution in [0.25, 0.3) is 11.3 Å². The Morgan fingerprint density at radius 3 is 2.75 bits per heavy atom. The first kappa shape index (κ1) is 15.4. The van der Waals surface area contributed by atoms with E-state index in [-0.39, 0.29) is 6.03 Å². The van der Waals surface area contributed by atoms with Gasteiger partial charge in [0, 0.05) is 29.5 Å². The van der Waals surface area contributed by atoms with Crippen molar-refractivity contribution in [2.24, 2.45) is 5.92 Å². The average Bonchev–Trinajstić information content (AvgIpc) is 2.57. The van der Waals surface area contributed by atoms with E-state index in [0.29, 0.717) is 22.8 Å². The van der Waals surface area contributed by atoms with E-state index in [1.54, 1.807) is 12.3 Å². The number of nitrogens with one attached hydrogen (secondary N) is 1. The second-order valence-electron chi connectivity index (χ2n) is 6.76. The first-order chi connectivity index (χ1) is 11.6. The Hall–Kier alpha value is -2.14. The summed E-state index contributed by atoms with van der Waals surface area (Å²) in [5, 5.41) is 11.6. The maximum Gasteiger partial charge on any atom is 0.322 e. The number of amides is 2. The third kappa shape index (κ3) is 2.73. The van der Waals surface area contributed by atoms with Crippen LogP contribution in [0.4, 0.5) is 10.5 Å². The van der Waals surface area contributed by atoms with Gasteiger partial charge in [0.05, 0.1) is 10.7 Å². The Balaban J connectivity index is 1.52. The van der Waals surface area contributed by atoms with Crippen LogP contribution in [0.5, 0.6) is 0 Å². The van der Waals surface area contributed by atoms with Crippen LogP contribution in [0.15, 0.2) is 36.5 Å². The Bertz CT molecular complexity index is 755. The molecular formula is C18H19ClN4O. The van der Waals surface area contributed by atoms with Crippen LogP contribution in [0.1, 0.15) is 26.2 Å². The highest BCUT2D eigenvalue weighted by atomic mass is 35.5. The van der Waals surface area contributed by atoms with Crippen LogP contribution in [0, 0.1) is 5.92 Å². The minimum atomic E-state index is -0.0180. The zero-order chi connectivity index (χ0) is 16.7. The summed E-state index contributed by atoms with van der Waals surface area (Å²) in [6, 6.07) is 9.88. The van der Waals surface area contributed by atoms with Crippen molar-refractivity contribution in [3.8, 4) is 11.3 Å². The third-order valence-corrected chi connectivity index (χ3v) is 5.31. The number of hydrogen-bond donors (Lipinski definition) is 1. The number of piperidine rings is 1. The van der Waals surface area contributed by atoms with E-state index in [2.05, 4.69) is 22.4 Å². The van der Waals surface area contributed by atoms with Gasteiger partial charge >= 0.3 is 6.03 Å². The predicted molar refractivity (Wildman–Crippen MR) is 93.9 cm³/mol. The van der Waals surface area contributed by atoms with E-state index in [1.165, 1.54) is 0 Å². The molecule has 1 saturated carbocycles. The summed E-state index contributed by atoms with van der Waals surface area (Å²) in [6.07, 6.45) is 4.97. The molecule has 1 aliphatic carbocycles. The number of anilines is 1. The van der Waals surface area contributed by atoms with Crippen LogP contribution in [-0.4, -0.2) is 33.2 Å². The molecule has 2 aliphatic heterocycles. The van der Waals surface area contributed by atoms with Gasteiger partial charge in [0.2, 0.25) is 0 Å². The fourth-order valence-electron chi connectivity index (χ4n) is 3.91. The molecule has 0 radical (unpaired) electrons. The number of carbonyl (C=O) groups is 1. The number of rotatable bonds is 2. The quantitative estimate of drug-likeness (QED) is 0.889. The van der Waals surface area contributed by atoms with Crippen molar-refractivity contribution in [2.45, 2.75) is 38.3 Å². The van der Waals surface area contributed by atoms with Gasteiger partial charge in [-0.15, -0.1) is 0 Å². The van der Waals surface area contributed by atoms with E-state index in [9.17, 15) is 4.79 Å². The largest absolute Gasteiger partial charge is 0.322 e. The second-order valence-corrected chi connectivity index (χ2v) is 7.17. The summed E-state index contributed by atoms with van der Waals surface area (Å²) >= 11 is 6.27. The molecule has 6 heteroatoms. The lowest BCUT2D eigenvalue weighted by molar-refractivity contribution is -0.00600. The first-order valence-corrected chi connectivity index (χ1v) is 8.66. The molecule has 2 saturated heterocycles. The summed E-state index contributed by atoms with van der Waals surface area (Å²) in [7, 11) is 0. The molecule has 1 aromatic heterocycles. The number of halogens is 1. The summed E-state index contributed by atoms with van der Waals surface area (Å²) in [5.74, 6) is 0.719. The molecule has 2 amide bonds. The van der Waals surface area contributed by atoms with Gasteiger partial charge in [-0.1, -0.05) is 18.5 Å². The maximum absolute atomic E-state index is 12.6. The lowest BCUT2D eigenvalue weighted by atomic mass is 9.74. The number of hydrogen-bond acceptors (Lipinski definition) is 3. The average molecular weight is 343 g/mol. The zero-order valence-electron chi connectivity index (χ0n) is 13.4. The molecule has 24 heavy (non-hydrogen) atoms. The molecule has 5 rings (SSSR count). The van der Waals surface area contributed by atoms with Crippen molar-refractivity contribution in [3.63, 3.8) is 0 Å². The first-order valence-electron chi connectivity index (χ1n) is 8.29. The Kier molecular flexibility index (Phi) is 3.88. The Morgan fingerprint density at radius 2 is 2.04 bits per heavy atom. The van der Waals surface area contributed by atoms with Crippen LogP contribution < -0.4 is 5.32 Å². The number of urea groups is 1. The smallest absolute Gasteiger partial charge is 0.318 e. The van der Waals surface area contributed by atoms with Gasteiger partial charge in [-0.25, -0.2) is 4.79 Å². The van der Waals surface area contributed by atoms with Gasteiger partial charge in [0.15, 0.2) is 0 Å². The Morgan fingerprint density at radius 1 is 1.25 bits per heavy atom. The highest BCUT2D eigenvalue weighted by molar-refractivity contribution is 6.33. The van der Waals surface area contributed by atoms with Crippen molar-refractivity contribution in [1.82, 2.24) is 15.1 Å². The lowest BCUT2D eigenvalue weighted by Gasteiger charge is -2.54. The molecule has 3 aliphatic rings. The van der Waals surface area contributed by atoms with Crippen molar-refractivity contribution >= 4 is 23.3 Å². The van der Waals surface area contributed by atoms with Gasteiger partial charge < -0.3 is 10.2 Å². The lowest BCUT2D eigenvalue weighted by Crippen LogP contribution is -2.63. The number of aromatic nitrogens is 2. The standard InChI is InChI=1S/C18H19ClN4O/c1-11-7-13-10-14(8-11)23(13)18(24)21-12-4-5-16(19)15(9-12)17-3-2-6-20-22-17/h2-6,9,11,13-14H,7-8,10H2,1H3,(H,21,24)/t11?,13-,14?/m0/s1. The minimum Gasteiger partial charge on any atom is -0.318 e. The highest BCUT2D eigenvalue weighted by Gasteiger charge is 2.46. The molecular weight excluding hydrogens is 324 g/mol. The number of carbonyl (C=O) groups excluding carboxylic acids is 1. The SMILES string of the molecule is CC1CC2C[C@H](C1)N2C(=O)Nc1ccc(Cl)c(-c2cccnn2)c1. The summed E-state index contributed by atoms with van der Waals surface area (Å²) in [4.78, 5) is 14.6. The normalized spacial score (nSPS) is 25.1. The fourth-order valence-corrected chi connectivity index (χ4v) is 4.12. The second kappa shape index (κ2) is 6.06. The van der Waals surface area contributed by atoms with Gasteiger partial charge in [-0.2, -0.15) is 10.2 Å². The van der Waals surface area contributed by atoms with Crippen molar-refractivity contribution in [2.75, 3.05) is 5.32 Å². The minimum absolute atomic E-state index is 0.0180. The molecule has 1 N–H and O–H groups in total. The molecule has 2 aromatic rings. The highest BCUT2D eigenvalue weighted by Crippen LogP contribution is 2.41. The van der Waals surface area contributed by atoms with E-state index in [0.717, 1.165) is 36.4 Å². The van der Waals surface area contributed by atoms with Gasteiger partial charge in [0.1, 0.15) is 0 Å². The summed E-state index contributed by atoms with van der Waals surface area (Å²) in [6.45, 7) is 2.26. The molecule has 124 valence electrons. The van der Waals surface area contributed by atoms with Crippen LogP contribution in [0.2, 0.25) is 5.02 Å². The van der Waals surface area contributed by atoms with Crippen LogP contribution in [0.3, 0.4) is 0 Å². The Labute approximate surface area is 146 Å². The maximum atomic E-state index is 12.6. The number of nitrogens with zero attached hydrogens (tertiary/aromatic N) is 3. The number of benzene rings is 1. The molecule has 3 atom stereocenters. The van der Waals surface area contributed by atoms with Crippen molar-refractivity contribution < 1.29 is 4.79 Å². The zero-order valence-corrected chi connectivity index (χ0v) is 14.2. The van der Waals surface area contributed by atoms with Crippen LogP contribution in [-0.2, 0) is 0 Å². The summed E-state index contributed by atoms with van der Waals surface area (Å²) < 4.78 is 0. The van der Waals surface area contributed by atoms with E-state index in [4.69, 9.17) is 11.6 Å². The molecule has 3 fully saturated rings. The molecule has 2 unspecified atom stereocenters. The van der Waals surface area contributed by atoms with Gasteiger partial charge in [-0.05, 0) is 55.5 Å².